The molecule has 0 aromatic carbocycles. The number of hydrogen-bond acceptors (Lipinski definition) is 3. The average Bonchev–Trinajstić information content (AvgIpc) is 1.99. The maximum Gasteiger partial charge on any atom is 0.308 e. The van der Waals surface area contributed by atoms with Gasteiger partial charge in [-0.1, -0.05) is 0 Å². The Kier molecular flexibility index (Phi) is 4.08. The van der Waals surface area contributed by atoms with Crippen molar-refractivity contribution in [3.05, 3.63) is 0 Å². The lowest BCUT2D eigenvalue weighted by Crippen LogP contribution is -2.51. The van der Waals surface area contributed by atoms with Gasteiger partial charge in [0.25, 0.3) is 0 Å². The molecule has 1 amide bonds. The maximum atomic E-state index is 11.3. The van der Waals surface area contributed by atoms with Crippen molar-refractivity contribution in [2.45, 2.75) is 25.8 Å². The van der Waals surface area contributed by atoms with Crippen molar-refractivity contribution in [3.63, 3.8) is 0 Å². The van der Waals surface area contributed by atoms with E-state index >= 15 is 0 Å². The van der Waals surface area contributed by atoms with Gasteiger partial charge in [-0.15, -0.1) is 0 Å². The molecule has 0 heterocycles. The highest BCUT2D eigenvalue weighted by Crippen LogP contribution is 2.31. The molecule has 86 valence electrons. The zero-order chi connectivity index (χ0) is 11.4. The van der Waals surface area contributed by atoms with Crippen LogP contribution in [0.3, 0.4) is 0 Å². The molecule has 0 radical (unpaired) electrons. The third-order valence-corrected chi connectivity index (χ3v) is 2.89. The number of carboxylic acid groups (broad SMARTS) is 1. The highest BCUT2D eigenvalue weighted by Gasteiger charge is 2.39. The Bertz CT molecular complexity index is 255. The van der Waals surface area contributed by atoms with Crippen molar-refractivity contribution >= 4 is 11.9 Å². The summed E-state index contributed by atoms with van der Waals surface area (Å²) in [6, 6.07) is 0.0186. The van der Waals surface area contributed by atoms with Gasteiger partial charge in [0.15, 0.2) is 0 Å². The van der Waals surface area contributed by atoms with Crippen LogP contribution in [-0.4, -0.2) is 48.1 Å². The summed E-state index contributed by atoms with van der Waals surface area (Å²) in [4.78, 5) is 23.9. The standard InChI is InChI=1S/C10H18N2O3/c1-3-11-9(13)6-12(2)8-5-4-7(8)10(14)15/h7-8H,3-6H2,1-2H3,(H,11,13)(H,14,15). The van der Waals surface area contributed by atoms with E-state index in [0.717, 1.165) is 12.8 Å². The van der Waals surface area contributed by atoms with Crippen molar-refractivity contribution in [2.24, 2.45) is 5.92 Å². The molecular weight excluding hydrogens is 196 g/mol. The van der Waals surface area contributed by atoms with E-state index in [4.69, 9.17) is 5.11 Å². The van der Waals surface area contributed by atoms with Gasteiger partial charge in [-0.05, 0) is 26.8 Å². The van der Waals surface area contributed by atoms with Gasteiger partial charge in [-0.25, -0.2) is 0 Å². The lowest BCUT2D eigenvalue weighted by atomic mass is 9.79. The smallest absolute Gasteiger partial charge is 0.308 e. The Morgan fingerprint density at radius 3 is 2.53 bits per heavy atom. The molecule has 5 heteroatoms. The van der Waals surface area contributed by atoms with Gasteiger partial charge in [0.2, 0.25) is 5.91 Å². The Hall–Kier alpha value is -1.10. The minimum absolute atomic E-state index is 0.0186. The van der Waals surface area contributed by atoms with E-state index in [1.807, 2.05) is 11.8 Å². The Morgan fingerprint density at radius 1 is 1.47 bits per heavy atom. The molecule has 0 aromatic heterocycles. The summed E-state index contributed by atoms with van der Waals surface area (Å²) >= 11 is 0. The highest BCUT2D eigenvalue weighted by atomic mass is 16.4. The third-order valence-electron chi connectivity index (χ3n) is 2.89. The average molecular weight is 214 g/mol. The number of carbonyl (C=O) groups excluding carboxylic acids is 1. The summed E-state index contributed by atoms with van der Waals surface area (Å²) in [7, 11) is 1.80. The monoisotopic (exact) mass is 214 g/mol. The second kappa shape index (κ2) is 5.11. The number of nitrogens with zero attached hydrogens (tertiary/aromatic N) is 1. The molecule has 0 aromatic rings. The second-order valence-electron chi connectivity index (χ2n) is 3.96. The molecule has 15 heavy (non-hydrogen) atoms. The van der Waals surface area contributed by atoms with Crippen LogP contribution in [0.4, 0.5) is 0 Å². The molecule has 1 rings (SSSR count). The van der Waals surface area contributed by atoms with Crippen LogP contribution >= 0.6 is 0 Å². The molecule has 0 bridgehead atoms. The van der Waals surface area contributed by atoms with Crippen LogP contribution in [-0.2, 0) is 9.59 Å². The van der Waals surface area contributed by atoms with Gasteiger partial charge >= 0.3 is 5.97 Å². The van der Waals surface area contributed by atoms with Crippen molar-refractivity contribution in [2.75, 3.05) is 20.1 Å². The quantitative estimate of drug-likeness (QED) is 0.671. The summed E-state index contributed by atoms with van der Waals surface area (Å²) in [5, 5.41) is 11.6. The zero-order valence-corrected chi connectivity index (χ0v) is 9.19. The van der Waals surface area contributed by atoms with Crippen molar-refractivity contribution in [1.29, 1.82) is 0 Å². The number of carbonyl (C=O) groups is 2. The summed E-state index contributed by atoms with van der Waals surface area (Å²) in [5.74, 6) is -1.10. The molecule has 1 saturated carbocycles. The minimum atomic E-state index is -0.756. The number of likely N-dealkylation sites (N-methyl/N-ethyl adjacent to an activating group) is 2. The summed E-state index contributed by atoms with van der Waals surface area (Å²) in [6.45, 7) is 2.75. The number of amides is 1. The van der Waals surface area contributed by atoms with Crippen LogP contribution in [0.2, 0.25) is 0 Å². The Balaban J connectivity index is 2.37. The normalized spacial score (nSPS) is 24.7. The number of aliphatic carboxylic acids is 1. The number of rotatable bonds is 5. The topological polar surface area (TPSA) is 69.6 Å². The molecule has 0 spiro atoms. The van der Waals surface area contributed by atoms with Gasteiger partial charge < -0.3 is 10.4 Å². The number of carboxylic acids is 1. The van der Waals surface area contributed by atoms with Crippen molar-refractivity contribution < 1.29 is 14.7 Å². The van der Waals surface area contributed by atoms with Gasteiger partial charge in [0.05, 0.1) is 12.5 Å². The van der Waals surface area contributed by atoms with Crippen LogP contribution < -0.4 is 5.32 Å². The molecule has 2 atom stereocenters. The lowest BCUT2D eigenvalue weighted by Gasteiger charge is -2.39. The number of nitrogens with one attached hydrogen (secondary N) is 1. The molecule has 2 unspecified atom stereocenters. The van der Waals surface area contributed by atoms with Crippen LogP contribution in [0.15, 0.2) is 0 Å². The first-order valence-electron chi connectivity index (χ1n) is 5.26. The molecular formula is C10H18N2O3. The first-order chi connectivity index (χ1) is 7.06. The second-order valence-corrected chi connectivity index (χ2v) is 3.96. The fraction of sp³-hybridized carbons (Fsp3) is 0.800. The SMILES string of the molecule is CCNC(=O)CN(C)C1CCC1C(=O)O. The van der Waals surface area contributed by atoms with Crippen LogP contribution in [0.1, 0.15) is 19.8 Å². The Morgan fingerprint density at radius 2 is 2.13 bits per heavy atom. The van der Waals surface area contributed by atoms with Gasteiger partial charge in [0.1, 0.15) is 0 Å². The van der Waals surface area contributed by atoms with Gasteiger partial charge in [-0.2, -0.15) is 0 Å². The lowest BCUT2D eigenvalue weighted by molar-refractivity contribution is -0.149. The maximum absolute atomic E-state index is 11.3. The molecule has 1 aliphatic rings. The fourth-order valence-electron chi connectivity index (χ4n) is 1.89. The predicted octanol–water partition coefficient (Wildman–Crippen LogP) is -0.0825. The molecule has 0 saturated heterocycles. The summed E-state index contributed by atoms with van der Waals surface area (Å²) in [5.41, 5.74) is 0. The largest absolute Gasteiger partial charge is 0.481 e. The summed E-state index contributed by atoms with van der Waals surface area (Å²) < 4.78 is 0. The molecule has 1 aliphatic carbocycles. The van der Waals surface area contributed by atoms with Crippen LogP contribution in [0, 0.1) is 5.92 Å². The van der Waals surface area contributed by atoms with E-state index in [0.29, 0.717) is 6.54 Å². The first-order valence-corrected chi connectivity index (χ1v) is 5.26. The molecule has 5 nitrogen and oxygen atoms in total. The minimum Gasteiger partial charge on any atom is -0.481 e. The van der Waals surface area contributed by atoms with Crippen molar-refractivity contribution in [1.82, 2.24) is 10.2 Å². The molecule has 2 N–H and O–H groups in total. The van der Waals surface area contributed by atoms with Crippen LogP contribution in [0.5, 0.6) is 0 Å². The highest BCUT2D eigenvalue weighted by molar-refractivity contribution is 5.78. The van der Waals surface area contributed by atoms with Crippen molar-refractivity contribution in [3.8, 4) is 0 Å². The van der Waals surface area contributed by atoms with Gasteiger partial charge in [-0.3, -0.25) is 14.5 Å². The predicted molar refractivity (Wildman–Crippen MR) is 55.5 cm³/mol. The Labute approximate surface area is 89.4 Å². The van der Waals surface area contributed by atoms with E-state index in [9.17, 15) is 9.59 Å². The molecule has 1 fully saturated rings. The first kappa shape index (κ1) is 12.0. The molecule has 0 aliphatic heterocycles. The van der Waals surface area contributed by atoms with Gasteiger partial charge in [0, 0.05) is 12.6 Å². The zero-order valence-electron chi connectivity index (χ0n) is 9.19. The van der Waals surface area contributed by atoms with E-state index in [2.05, 4.69) is 5.32 Å². The fourth-order valence-corrected chi connectivity index (χ4v) is 1.89. The summed E-state index contributed by atoms with van der Waals surface area (Å²) in [6.07, 6.45) is 1.59. The van der Waals surface area contributed by atoms with E-state index in [1.165, 1.54) is 0 Å². The van der Waals surface area contributed by atoms with Crippen LogP contribution in [0.25, 0.3) is 0 Å². The number of hydrogen-bond donors (Lipinski definition) is 2. The van der Waals surface area contributed by atoms with E-state index < -0.39 is 5.97 Å². The van der Waals surface area contributed by atoms with E-state index in [-0.39, 0.29) is 24.4 Å². The van der Waals surface area contributed by atoms with E-state index in [1.54, 1.807) is 7.05 Å². The third kappa shape index (κ3) is 2.92.